The maximum absolute atomic E-state index is 12.4. The van der Waals surface area contributed by atoms with E-state index in [9.17, 15) is 4.79 Å². The second kappa shape index (κ2) is 9.26. The van der Waals surface area contributed by atoms with Gasteiger partial charge < -0.3 is 20.7 Å². The van der Waals surface area contributed by atoms with Crippen molar-refractivity contribution in [1.29, 1.82) is 0 Å². The summed E-state index contributed by atoms with van der Waals surface area (Å²) in [4.78, 5) is 14.8. The van der Waals surface area contributed by atoms with E-state index in [1.165, 1.54) is 39.3 Å². The van der Waals surface area contributed by atoms with E-state index >= 15 is 0 Å². The van der Waals surface area contributed by atoms with Crippen LogP contribution in [0.1, 0.15) is 70.1 Å². The first-order chi connectivity index (χ1) is 18.2. The molecule has 0 bridgehead atoms. The summed E-state index contributed by atoms with van der Waals surface area (Å²) in [5, 5.41) is 2.99. The van der Waals surface area contributed by atoms with Crippen LogP contribution >= 0.6 is 0 Å². The predicted molar refractivity (Wildman–Crippen MR) is 154 cm³/mol. The molecule has 0 radical (unpaired) electrons. The summed E-state index contributed by atoms with van der Waals surface area (Å²) in [6.45, 7) is 13.2. The monoisotopic (exact) mass is 513 g/mol. The van der Waals surface area contributed by atoms with E-state index in [0.29, 0.717) is 26.1 Å². The van der Waals surface area contributed by atoms with Crippen molar-refractivity contribution in [3.05, 3.63) is 58.7 Å². The minimum absolute atomic E-state index is 0.0586. The number of benzene rings is 2. The summed E-state index contributed by atoms with van der Waals surface area (Å²) < 4.78 is 9.30. The number of carbonyl (C=O) groups excluding carboxylic acids is 1. The van der Waals surface area contributed by atoms with Gasteiger partial charge in [0.25, 0.3) is 0 Å². The van der Waals surface area contributed by atoms with E-state index in [4.69, 9.17) is 10.5 Å². The number of nitrogens with two attached hydrogens (primary N) is 1. The van der Waals surface area contributed by atoms with E-state index in [0.717, 1.165) is 38.1 Å². The van der Waals surface area contributed by atoms with Crippen LogP contribution in [0.15, 0.2) is 42.0 Å². The van der Waals surface area contributed by atoms with Crippen LogP contribution in [-0.2, 0) is 15.6 Å². The maximum Gasteiger partial charge on any atom is 0.221 e. The molecule has 4 aliphatic rings. The van der Waals surface area contributed by atoms with Crippen molar-refractivity contribution in [3.8, 4) is 5.75 Å². The highest BCUT2D eigenvalue weighted by atomic mass is 16.5. The van der Waals surface area contributed by atoms with E-state index < -0.39 is 0 Å². The van der Waals surface area contributed by atoms with Gasteiger partial charge in [-0.2, -0.15) is 4.58 Å². The highest BCUT2D eigenvalue weighted by molar-refractivity contribution is 6.11. The van der Waals surface area contributed by atoms with Crippen molar-refractivity contribution in [2.24, 2.45) is 5.73 Å². The highest BCUT2D eigenvalue weighted by Gasteiger charge is 2.52. The van der Waals surface area contributed by atoms with Gasteiger partial charge in [0.15, 0.2) is 12.3 Å². The largest absolute Gasteiger partial charge is 0.485 e. The van der Waals surface area contributed by atoms with Crippen molar-refractivity contribution < 1.29 is 14.1 Å². The molecular weight excluding hydrogens is 472 g/mol. The normalized spacial score (nSPS) is 21.9. The Hall–Kier alpha value is -3.12. The zero-order valence-electron chi connectivity index (χ0n) is 23.3. The number of nitrogens with one attached hydrogen (secondary N) is 1. The van der Waals surface area contributed by atoms with Crippen molar-refractivity contribution in [1.82, 2.24) is 5.32 Å². The molecule has 0 saturated carbocycles. The molecular formula is C32H41N4O2+. The van der Waals surface area contributed by atoms with E-state index in [1.807, 2.05) is 0 Å². The zero-order valence-corrected chi connectivity index (χ0v) is 23.3. The fourth-order valence-corrected chi connectivity index (χ4v) is 6.89. The first kappa shape index (κ1) is 25.2. The molecule has 200 valence electrons. The molecule has 1 unspecified atom stereocenters. The van der Waals surface area contributed by atoms with Gasteiger partial charge in [-0.25, -0.2) is 0 Å². The van der Waals surface area contributed by atoms with Crippen molar-refractivity contribution in [2.45, 2.75) is 70.3 Å². The molecule has 4 heterocycles. The number of amides is 1. The van der Waals surface area contributed by atoms with Crippen LogP contribution in [0.5, 0.6) is 5.75 Å². The number of hydrogen-bond donors (Lipinski definition) is 2. The fourth-order valence-electron chi connectivity index (χ4n) is 6.89. The minimum Gasteiger partial charge on any atom is -0.485 e. The van der Waals surface area contributed by atoms with Gasteiger partial charge in [-0.3, -0.25) is 4.79 Å². The van der Waals surface area contributed by atoms with Crippen LogP contribution < -0.4 is 20.7 Å². The molecule has 2 aromatic rings. The van der Waals surface area contributed by atoms with Gasteiger partial charge in [-0.1, -0.05) is 32.0 Å². The lowest BCUT2D eigenvalue weighted by molar-refractivity contribution is -0.444. The smallest absolute Gasteiger partial charge is 0.221 e. The number of hydrogen-bond acceptors (Lipinski definition) is 4. The molecule has 6 heteroatoms. The highest BCUT2D eigenvalue weighted by Crippen LogP contribution is 2.49. The molecule has 6 rings (SSSR count). The molecule has 1 atom stereocenters. The van der Waals surface area contributed by atoms with Crippen molar-refractivity contribution in [3.63, 3.8) is 0 Å². The number of nitrogens with zero attached hydrogens (tertiary/aromatic N) is 2. The van der Waals surface area contributed by atoms with Crippen LogP contribution in [0.25, 0.3) is 6.08 Å². The zero-order chi connectivity index (χ0) is 26.7. The Morgan fingerprint density at radius 1 is 1.18 bits per heavy atom. The Labute approximate surface area is 226 Å². The van der Waals surface area contributed by atoms with Crippen molar-refractivity contribution >= 4 is 29.1 Å². The summed E-state index contributed by atoms with van der Waals surface area (Å²) >= 11 is 0. The summed E-state index contributed by atoms with van der Waals surface area (Å²) in [6.07, 6.45) is 5.79. The van der Waals surface area contributed by atoms with Gasteiger partial charge in [0.1, 0.15) is 11.9 Å². The molecule has 0 fully saturated rings. The predicted octanol–water partition coefficient (Wildman–Crippen LogP) is 4.65. The van der Waals surface area contributed by atoms with E-state index in [-0.39, 0.29) is 22.8 Å². The van der Waals surface area contributed by atoms with Crippen LogP contribution in [0.3, 0.4) is 0 Å². The first-order valence-electron chi connectivity index (χ1n) is 14.2. The second-order valence-corrected chi connectivity index (χ2v) is 12.4. The van der Waals surface area contributed by atoms with Gasteiger partial charge in [-0.15, -0.1) is 0 Å². The van der Waals surface area contributed by atoms with Gasteiger partial charge in [0.05, 0.1) is 11.0 Å². The van der Waals surface area contributed by atoms with Gasteiger partial charge in [0, 0.05) is 61.4 Å². The molecule has 0 aliphatic carbocycles. The van der Waals surface area contributed by atoms with E-state index in [2.05, 4.69) is 85.0 Å². The third-order valence-electron chi connectivity index (χ3n) is 9.06. The lowest BCUT2D eigenvalue weighted by Crippen LogP contribution is -2.43. The summed E-state index contributed by atoms with van der Waals surface area (Å²) in [7, 11) is 0. The fraction of sp³-hybridized carbons (Fsp3) is 0.500. The number of rotatable bonds is 6. The molecule has 0 aromatic heterocycles. The number of carbonyl (C=O) groups is 1. The maximum atomic E-state index is 12.4. The number of fused-ring (bicyclic) bond motifs is 6. The van der Waals surface area contributed by atoms with Crippen molar-refractivity contribution in [2.75, 3.05) is 37.6 Å². The Balaban J connectivity index is 1.34. The third kappa shape index (κ3) is 4.05. The number of anilines is 1. The SMILES string of the molecule is CC1(C)CCN(CCC(=O)NCCCN)c2cc3c(cc21)C=C1C2=[N+](CCC1O3)c1ccccc1C2(C)C. The lowest BCUT2D eigenvalue weighted by Gasteiger charge is -2.41. The minimum atomic E-state index is -0.0586. The molecule has 0 spiro atoms. The number of ether oxygens (including phenoxy) is 1. The molecule has 4 aliphatic heterocycles. The van der Waals surface area contributed by atoms with Crippen LogP contribution in [0.2, 0.25) is 0 Å². The molecule has 0 saturated heterocycles. The molecule has 1 amide bonds. The Kier molecular flexibility index (Phi) is 6.14. The standard InChI is InChI=1S/C32H40N4O2/c1-31(2)12-17-35(15-11-29(37)34-14-7-13-33)26-20-28-21(19-24(26)31)18-22-27(38-28)10-16-36-25-9-6-5-8-23(25)32(3,4)30(22)36/h5-6,8-9,18-20,27H,7,10-17,33H2,1-4H3/p+1. The summed E-state index contributed by atoms with van der Waals surface area (Å²) in [5.74, 6) is 1.06. The van der Waals surface area contributed by atoms with Gasteiger partial charge in [-0.05, 0) is 56.4 Å². The third-order valence-corrected chi connectivity index (χ3v) is 9.06. The average Bonchev–Trinajstić information content (AvgIpc) is 3.13. The van der Waals surface area contributed by atoms with Crippen LogP contribution in [0.4, 0.5) is 11.4 Å². The topological polar surface area (TPSA) is 70.6 Å². The molecule has 2 aromatic carbocycles. The molecule has 38 heavy (non-hydrogen) atoms. The van der Waals surface area contributed by atoms with E-state index in [1.54, 1.807) is 0 Å². The van der Waals surface area contributed by atoms with Crippen LogP contribution in [-0.4, -0.2) is 55.0 Å². The number of para-hydroxylation sites is 1. The Morgan fingerprint density at radius 3 is 2.82 bits per heavy atom. The molecule has 6 nitrogen and oxygen atoms in total. The first-order valence-corrected chi connectivity index (χ1v) is 14.2. The second-order valence-electron chi connectivity index (χ2n) is 12.4. The Morgan fingerprint density at radius 2 is 2.00 bits per heavy atom. The lowest BCUT2D eigenvalue weighted by atomic mass is 9.74. The van der Waals surface area contributed by atoms with Gasteiger partial charge >= 0.3 is 0 Å². The van der Waals surface area contributed by atoms with Gasteiger partial charge in [0.2, 0.25) is 11.6 Å². The quantitative estimate of drug-likeness (QED) is 0.436. The molecule has 3 N–H and O–H groups in total. The summed E-state index contributed by atoms with van der Waals surface area (Å²) in [6, 6.07) is 13.4. The van der Waals surface area contributed by atoms with Crippen LogP contribution in [0, 0.1) is 0 Å². The Bertz CT molecular complexity index is 1350. The summed E-state index contributed by atoms with van der Waals surface area (Å²) in [5.41, 5.74) is 14.7. The average molecular weight is 514 g/mol.